The minimum Gasteiger partial charge on any atom is -0.354 e. The smallest absolute Gasteiger partial charge is 0.264 e. The Labute approximate surface area is 194 Å². The molecule has 0 atom stereocenters. The van der Waals surface area contributed by atoms with E-state index in [0.29, 0.717) is 24.4 Å². The van der Waals surface area contributed by atoms with E-state index in [1.54, 1.807) is 54.2 Å². The summed E-state index contributed by atoms with van der Waals surface area (Å²) >= 11 is 1.65. The van der Waals surface area contributed by atoms with Crippen molar-refractivity contribution in [2.45, 2.75) is 30.1 Å². The molecule has 3 rings (SSSR count). The average molecular weight is 469 g/mol. The highest BCUT2D eigenvalue weighted by molar-refractivity contribution is 7.99. The van der Waals surface area contributed by atoms with Crippen molar-refractivity contribution in [1.82, 2.24) is 5.32 Å². The Morgan fingerprint density at radius 2 is 1.59 bits per heavy atom. The fourth-order valence-electron chi connectivity index (χ4n) is 3.25. The average Bonchev–Trinajstić information content (AvgIpc) is 2.82. The van der Waals surface area contributed by atoms with Crippen LogP contribution in [0.1, 0.15) is 18.1 Å². The number of amides is 1. The fraction of sp³-hybridized carbons (Fsp3) is 0.240. The van der Waals surface area contributed by atoms with E-state index in [-0.39, 0.29) is 17.3 Å². The van der Waals surface area contributed by atoms with Gasteiger partial charge >= 0.3 is 0 Å². The zero-order chi connectivity index (χ0) is 23.0. The van der Waals surface area contributed by atoms with Gasteiger partial charge in [0, 0.05) is 17.2 Å². The summed E-state index contributed by atoms with van der Waals surface area (Å²) in [7, 11) is -3.89. The summed E-state index contributed by atoms with van der Waals surface area (Å²) in [5, 5.41) is 2.86. The molecule has 0 saturated carbocycles. The fourth-order valence-corrected chi connectivity index (χ4v) is 5.50. The van der Waals surface area contributed by atoms with E-state index in [1.165, 1.54) is 9.87 Å². The van der Waals surface area contributed by atoms with Crippen molar-refractivity contribution in [3.63, 3.8) is 0 Å². The molecule has 0 bridgehead atoms. The van der Waals surface area contributed by atoms with Crippen LogP contribution >= 0.6 is 11.8 Å². The quantitative estimate of drug-likeness (QED) is 0.347. The van der Waals surface area contributed by atoms with E-state index in [4.69, 9.17) is 0 Å². The van der Waals surface area contributed by atoms with Crippen molar-refractivity contribution < 1.29 is 13.2 Å². The first-order chi connectivity index (χ1) is 15.4. The Bertz CT molecular complexity index is 1130. The number of nitrogens with one attached hydrogen (secondary N) is 1. The minimum absolute atomic E-state index is 0.161. The third-order valence-electron chi connectivity index (χ3n) is 4.97. The molecular weight excluding hydrogens is 440 g/mol. The number of nitrogens with zero attached hydrogens (tertiary/aromatic N) is 1. The molecular formula is C25H28N2O3S2. The summed E-state index contributed by atoms with van der Waals surface area (Å²) in [6.45, 7) is 4.19. The van der Waals surface area contributed by atoms with Gasteiger partial charge in [-0.25, -0.2) is 8.42 Å². The van der Waals surface area contributed by atoms with Crippen LogP contribution in [0, 0.1) is 6.92 Å². The van der Waals surface area contributed by atoms with Gasteiger partial charge in [0.05, 0.1) is 10.6 Å². The molecule has 7 heteroatoms. The van der Waals surface area contributed by atoms with Gasteiger partial charge in [0.2, 0.25) is 5.91 Å². The lowest BCUT2D eigenvalue weighted by molar-refractivity contribution is -0.119. The van der Waals surface area contributed by atoms with Crippen LogP contribution in [0.2, 0.25) is 0 Å². The number of para-hydroxylation sites is 1. The molecule has 32 heavy (non-hydrogen) atoms. The maximum atomic E-state index is 13.4. The van der Waals surface area contributed by atoms with Gasteiger partial charge in [-0.3, -0.25) is 9.10 Å². The lowest BCUT2D eigenvalue weighted by atomic mass is 10.1. The highest BCUT2D eigenvalue weighted by Crippen LogP contribution is 2.27. The number of sulfonamides is 1. The summed E-state index contributed by atoms with van der Waals surface area (Å²) in [5.74, 6) is 0.367. The number of carbonyl (C=O) groups excluding carboxylic acids is 1. The second-order valence-electron chi connectivity index (χ2n) is 7.32. The molecule has 1 N–H and O–H groups in total. The Kier molecular flexibility index (Phi) is 8.36. The van der Waals surface area contributed by atoms with Crippen LogP contribution in [0.15, 0.2) is 88.7 Å². The zero-order valence-electron chi connectivity index (χ0n) is 18.3. The van der Waals surface area contributed by atoms with Gasteiger partial charge in [0.1, 0.15) is 6.54 Å². The van der Waals surface area contributed by atoms with E-state index in [1.807, 2.05) is 26.0 Å². The molecule has 0 aliphatic rings. The molecule has 0 heterocycles. The summed E-state index contributed by atoms with van der Waals surface area (Å²) in [5.41, 5.74) is 2.60. The molecule has 0 unspecified atom stereocenters. The predicted octanol–water partition coefficient (Wildman–Crippen LogP) is 4.66. The van der Waals surface area contributed by atoms with Crippen LogP contribution < -0.4 is 9.62 Å². The van der Waals surface area contributed by atoms with Crippen molar-refractivity contribution in [1.29, 1.82) is 0 Å². The van der Waals surface area contributed by atoms with E-state index in [9.17, 15) is 13.2 Å². The van der Waals surface area contributed by atoms with Gasteiger partial charge in [0.25, 0.3) is 10.0 Å². The summed E-state index contributed by atoms with van der Waals surface area (Å²) in [4.78, 5) is 14.0. The molecule has 5 nitrogen and oxygen atoms in total. The van der Waals surface area contributed by atoms with Crippen LogP contribution in [0.3, 0.4) is 0 Å². The topological polar surface area (TPSA) is 66.5 Å². The minimum atomic E-state index is -3.89. The molecule has 0 aliphatic heterocycles. The highest BCUT2D eigenvalue weighted by Gasteiger charge is 2.28. The molecule has 3 aromatic carbocycles. The number of hydrogen-bond donors (Lipinski definition) is 1. The van der Waals surface area contributed by atoms with E-state index in [0.717, 1.165) is 10.5 Å². The Morgan fingerprint density at radius 3 is 2.28 bits per heavy atom. The molecule has 0 radical (unpaired) electrons. The normalized spacial score (nSPS) is 11.2. The monoisotopic (exact) mass is 468 g/mol. The second-order valence-corrected chi connectivity index (χ2v) is 10.3. The molecule has 1 amide bonds. The maximum Gasteiger partial charge on any atom is 0.264 e. The van der Waals surface area contributed by atoms with Crippen LogP contribution in [0.25, 0.3) is 0 Å². The van der Waals surface area contributed by atoms with Crippen molar-refractivity contribution in [2.24, 2.45) is 0 Å². The number of rotatable bonds is 10. The molecule has 168 valence electrons. The first-order valence-corrected chi connectivity index (χ1v) is 13.0. The highest BCUT2D eigenvalue weighted by atomic mass is 32.2. The summed E-state index contributed by atoms with van der Waals surface area (Å²) < 4.78 is 28.1. The van der Waals surface area contributed by atoms with Crippen LogP contribution in [-0.4, -0.2) is 33.2 Å². The maximum absolute atomic E-state index is 13.4. The largest absolute Gasteiger partial charge is 0.354 e. The molecule has 3 aromatic rings. The second kappa shape index (κ2) is 11.2. The van der Waals surface area contributed by atoms with E-state index in [2.05, 4.69) is 29.6 Å². The van der Waals surface area contributed by atoms with Gasteiger partial charge in [-0.15, -0.1) is 11.8 Å². The van der Waals surface area contributed by atoms with Gasteiger partial charge in [-0.05, 0) is 49.2 Å². The number of anilines is 1. The van der Waals surface area contributed by atoms with Gasteiger partial charge < -0.3 is 5.32 Å². The molecule has 0 aliphatic carbocycles. The molecule has 0 spiro atoms. The third kappa shape index (κ3) is 6.14. The third-order valence-corrected chi connectivity index (χ3v) is 7.76. The molecule has 0 fully saturated rings. The number of aryl methyl sites for hydroxylation is 2. The lowest BCUT2D eigenvalue weighted by Crippen LogP contribution is -2.41. The van der Waals surface area contributed by atoms with Gasteiger partial charge in [-0.1, -0.05) is 61.0 Å². The summed E-state index contributed by atoms with van der Waals surface area (Å²) in [6.07, 6.45) is 0.659. The SMILES string of the molecule is CCc1ccccc1N(CC(=O)NCCSc1ccc(C)cc1)S(=O)(=O)c1ccccc1. The van der Waals surface area contributed by atoms with Crippen LogP contribution in [0.5, 0.6) is 0 Å². The number of carbonyl (C=O) groups is 1. The Balaban J connectivity index is 1.72. The Hall–Kier alpha value is -2.77. The van der Waals surface area contributed by atoms with Crippen molar-refractivity contribution in [3.05, 3.63) is 90.0 Å². The predicted molar refractivity (Wildman–Crippen MR) is 132 cm³/mol. The van der Waals surface area contributed by atoms with Gasteiger partial charge in [-0.2, -0.15) is 0 Å². The first kappa shape index (κ1) is 23.9. The van der Waals surface area contributed by atoms with Crippen molar-refractivity contribution in [3.8, 4) is 0 Å². The molecule has 0 aromatic heterocycles. The zero-order valence-corrected chi connectivity index (χ0v) is 20.0. The van der Waals surface area contributed by atoms with E-state index < -0.39 is 10.0 Å². The van der Waals surface area contributed by atoms with Crippen LogP contribution in [0.4, 0.5) is 5.69 Å². The van der Waals surface area contributed by atoms with Crippen molar-refractivity contribution in [2.75, 3.05) is 23.1 Å². The molecule has 0 saturated heterocycles. The standard InChI is InChI=1S/C25H28N2O3S2/c1-3-21-9-7-8-12-24(21)27(32(29,30)23-10-5-4-6-11-23)19-25(28)26-17-18-31-22-15-13-20(2)14-16-22/h4-16H,3,17-19H2,1-2H3,(H,26,28). The van der Waals surface area contributed by atoms with Crippen molar-refractivity contribution >= 4 is 33.4 Å². The van der Waals surface area contributed by atoms with E-state index >= 15 is 0 Å². The number of thioether (sulfide) groups is 1. The van der Waals surface area contributed by atoms with Crippen LogP contribution in [-0.2, 0) is 21.2 Å². The Morgan fingerprint density at radius 1 is 0.938 bits per heavy atom. The lowest BCUT2D eigenvalue weighted by Gasteiger charge is -2.26. The number of hydrogen-bond acceptors (Lipinski definition) is 4. The summed E-state index contributed by atoms with van der Waals surface area (Å²) in [6, 6.07) is 23.7. The van der Waals surface area contributed by atoms with Gasteiger partial charge in [0.15, 0.2) is 0 Å². The first-order valence-electron chi connectivity index (χ1n) is 10.5. The number of benzene rings is 3.